The first-order valence-corrected chi connectivity index (χ1v) is 6.64. The Morgan fingerprint density at radius 3 is 2.50 bits per heavy atom. The van der Waals surface area contributed by atoms with E-state index >= 15 is 0 Å². The van der Waals surface area contributed by atoms with E-state index in [-0.39, 0.29) is 6.04 Å². The van der Waals surface area contributed by atoms with Crippen molar-refractivity contribution in [2.24, 2.45) is 0 Å². The molecule has 0 amide bonds. The molecule has 0 aliphatic heterocycles. The second kappa shape index (κ2) is 6.41. The van der Waals surface area contributed by atoms with Gasteiger partial charge in [0.15, 0.2) is 0 Å². The minimum absolute atomic E-state index is 0.238. The van der Waals surface area contributed by atoms with Crippen LogP contribution in [0.2, 0.25) is 0 Å². The van der Waals surface area contributed by atoms with Gasteiger partial charge in [0.2, 0.25) is 0 Å². The Kier molecular flexibility index (Phi) is 4.59. The lowest BCUT2D eigenvalue weighted by molar-refractivity contribution is 0.376. The highest BCUT2D eigenvalue weighted by Gasteiger charge is 2.22. The summed E-state index contributed by atoms with van der Waals surface area (Å²) in [5, 5.41) is 3.58. The highest BCUT2D eigenvalue weighted by Crippen LogP contribution is 2.30. The summed E-state index contributed by atoms with van der Waals surface area (Å²) >= 11 is 0. The summed E-state index contributed by atoms with van der Waals surface area (Å²) < 4.78 is 5.57. The van der Waals surface area contributed by atoms with Crippen molar-refractivity contribution in [3.63, 3.8) is 0 Å². The van der Waals surface area contributed by atoms with Gasteiger partial charge in [0.1, 0.15) is 5.76 Å². The molecule has 0 saturated carbocycles. The van der Waals surface area contributed by atoms with E-state index in [1.165, 1.54) is 5.56 Å². The van der Waals surface area contributed by atoms with Gasteiger partial charge in [0.25, 0.3) is 0 Å². The Morgan fingerprint density at radius 2 is 1.89 bits per heavy atom. The van der Waals surface area contributed by atoms with E-state index in [1.807, 2.05) is 12.1 Å². The van der Waals surface area contributed by atoms with Crippen molar-refractivity contribution in [1.82, 2.24) is 5.32 Å². The molecule has 96 valence electrons. The molecule has 0 radical (unpaired) electrons. The molecule has 2 rings (SSSR count). The molecule has 0 aliphatic rings. The largest absolute Gasteiger partial charge is 0.468 e. The van der Waals surface area contributed by atoms with Gasteiger partial charge in [-0.25, -0.2) is 0 Å². The van der Waals surface area contributed by atoms with Crippen LogP contribution in [-0.2, 0) is 0 Å². The zero-order chi connectivity index (χ0) is 12.8. The number of hydrogen-bond donors (Lipinski definition) is 1. The highest BCUT2D eigenvalue weighted by atomic mass is 16.3. The molecular weight excluding hydrogens is 222 g/mol. The third-order valence-corrected chi connectivity index (χ3v) is 3.29. The summed E-state index contributed by atoms with van der Waals surface area (Å²) in [6.45, 7) is 5.42. The fourth-order valence-electron chi connectivity index (χ4n) is 2.24. The molecule has 1 aromatic heterocycles. The standard InChI is InChI=1S/C16H21NO/c1-3-11-17-16(15-10-7-12-18-15)13(2)14-8-5-4-6-9-14/h4-10,12-13,16-17H,3,11H2,1-2H3. The fourth-order valence-corrected chi connectivity index (χ4v) is 2.24. The maximum Gasteiger partial charge on any atom is 0.121 e. The molecule has 0 fully saturated rings. The summed E-state index contributed by atoms with van der Waals surface area (Å²) in [4.78, 5) is 0. The SMILES string of the molecule is CCCNC(c1ccco1)C(C)c1ccccc1. The van der Waals surface area contributed by atoms with Crippen molar-refractivity contribution in [1.29, 1.82) is 0 Å². The lowest BCUT2D eigenvalue weighted by atomic mass is 9.91. The first-order chi connectivity index (χ1) is 8.83. The first kappa shape index (κ1) is 12.9. The summed E-state index contributed by atoms with van der Waals surface area (Å²) in [6, 6.07) is 14.8. The van der Waals surface area contributed by atoms with Crippen LogP contribution in [0.4, 0.5) is 0 Å². The molecule has 2 atom stereocenters. The summed E-state index contributed by atoms with van der Waals surface area (Å²) in [6.07, 6.45) is 2.87. The number of benzene rings is 1. The van der Waals surface area contributed by atoms with Crippen molar-refractivity contribution in [2.75, 3.05) is 6.54 Å². The quantitative estimate of drug-likeness (QED) is 0.825. The van der Waals surface area contributed by atoms with Crippen molar-refractivity contribution in [3.8, 4) is 0 Å². The van der Waals surface area contributed by atoms with Crippen molar-refractivity contribution >= 4 is 0 Å². The number of hydrogen-bond acceptors (Lipinski definition) is 2. The van der Waals surface area contributed by atoms with Crippen LogP contribution >= 0.6 is 0 Å². The highest BCUT2D eigenvalue weighted by molar-refractivity contribution is 5.23. The molecule has 1 N–H and O–H groups in total. The molecule has 2 unspecified atom stereocenters. The predicted molar refractivity (Wildman–Crippen MR) is 74.6 cm³/mol. The second-order valence-electron chi connectivity index (χ2n) is 4.65. The molecule has 0 bridgehead atoms. The molecule has 18 heavy (non-hydrogen) atoms. The Hall–Kier alpha value is -1.54. The van der Waals surface area contributed by atoms with Crippen LogP contribution in [-0.4, -0.2) is 6.54 Å². The molecule has 1 aromatic carbocycles. The molecule has 0 aliphatic carbocycles. The van der Waals surface area contributed by atoms with Crippen LogP contribution in [0.5, 0.6) is 0 Å². The van der Waals surface area contributed by atoms with Gasteiger partial charge >= 0.3 is 0 Å². The van der Waals surface area contributed by atoms with Crippen LogP contribution in [0.1, 0.15) is 43.6 Å². The van der Waals surface area contributed by atoms with Gasteiger partial charge in [0, 0.05) is 5.92 Å². The van der Waals surface area contributed by atoms with Crippen molar-refractivity contribution < 1.29 is 4.42 Å². The van der Waals surface area contributed by atoms with E-state index in [2.05, 4.69) is 49.5 Å². The Labute approximate surface area is 109 Å². The van der Waals surface area contributed by atoms with Crippen LogP contribution in [0.15, 0.2) is 53.1 Å². The van der Waals surface area contributed by atoms with Gasteiger partial charge in [-0.15, -0.1) is 0 Å². The zero-order valence-electron chi connectivity index (χ0n) is 11.1. The van der Waals surface area contributed by atoms with Gasteiger partial charge in [-0.1, -0.05) is 44.2 Å². The monoisotopic (exact) mass is 243 g/mol. The van der Waals surface area contributed by atoms with E-state index < -0.39 is 0 Å². The molecule has 1 heterocycles. The minimum atomic E-state index is 0.238. The van der Waals surface area contributed by atoms with Gasteiger partial charge in [0.05, 0.1) is 12.3 Å². The average molecular weight is 243 g/mol. The maximum absolute atomic E-state index is 5.57. The van der Waals surface area contributed by atoms with Gasteiger partial charge in [-0.3, -0.25) is 0 Å². The first-order valence-electron chi connectivity index (χ1n) is 6.64. The smallest absolute Gasteiger partial charge is 0.121 e. The van der Waals surface area contributed by atoms with E-state index in [9.17, 15) is 0 Å². The zero-order valence-corrected chi connectivity index (χ0v) is 11.1. The van der Waals surface area contributed by atoms with Gasteiger partial charge < -0.3 is 9.73 Å². The topological polar surface area (TPSA) is 25.2 Å². The minimum Gasteiger partial charge on any atom is -0.468 e. The van der Waals surface area contributed by atoms with Crippen LogP contribution < -0.4 is 5.32 Å². The third-order valence-electron chi connectivity index (χ3n) is 3.29. The Balaban J connectivity index is 2.18. The number of furan rings is 1. The number of nitrogens with one attached hydrogen (secondary N) is 1. The molecule has 2 heteroatoms. The van der Waals surface area contributed by atoms with Gasteiger partial charge in [-0.05, 0) is 30.7 Å². The van der Waals surface area contributed by atoms with E-state index in [4.69, 9.17) is 4.42 Å². The molecule has 2 aromatic rings. The van der Waals surface area contributed by atoms with Crippen LogP contribution in [0.3, 0.4) is 0 Å². The Morgan fingerprint density at radius 1 is 1.11 bits per heavy atom. The van der Waals surface area contributed by atoms with E-state index in [1.54, 1.807) is 6.26 Å². The van der Waals surface area contributed by atoms with Crippen LogP contribution in [0, 0.1) is 0 Å². The molecule has 0 spiro atoms. The predicted octanol–water partition coefficient (Wildman–Crippen LogP) is 4.12. The second-order valence-corrected chi connectivity index (χ2v) is 4.65. The lowest BCUT2D eigenvalue weighted by Crippen LogP contribution is -2.26. The van der Waals surface area contributed by atoms with Gasteiger partial charge in [-0.2, -0.15) is 0 Å². The fraction of sp³-hybridized carbons (Fsp3) is 0.375. The van der Waals surface area contributed by atoms with Crippen molar-refractivity contribution in [2.45, 2.75) is 32.2 Å². The summed E-state index contributed by atoms with van der Waals surface area (Å²) in [5.41, 5.74) is 1.34. The Bertz CT molecular complexity index is 435. The van der Waals surface area contributed by atoms with Crippen molar-refractivity contribution in [3.05, 3.63) is 60.1 Å². The normalized spacial score (nSPS) is 14.3. The van der Waals surface area contributed by atoms with E-state index in [0.29, 0.717) is 5.92 Å². The maximum atomic E-state index is 5.57. The summed E-state index contributed by atoms with van der Waals surface area (Å²) in [7, 11) is 0. The third kappa shape index (κ3) is 3.02. The summed E-state index contributed by atoms with van der Waals surface area (Å²) in [5.74, 6) is 1.41. The average Bonchev–Trinajstić information content (AvgIpc) is 2.94. The van der Waals surface area contributed by atoms with E-state index in [0.717, 1.165) is 18.7 Å². The molecule has 0 saturated heterocycles. The molecular formula is C16H21NO. The van der Waals surface area contributed by atoms with Crippen LogP contribution in [0.25, 0.3) is 0 Å². The molecule has 2 nitrogen and oxygen atoms in total. The number of rotatable bonds is 6. The lowest BCUT2D eigenvalue weighted by Gasteiger charge is -2.23.